The summed E-state index contributed by atoms with van der Waals surface area (Å²) in [6.07, 6.45) is 7.93. The SMILES string of the molecule is CC(C)(C)CCC(=O)OCOCCOc1ccc(C2CCCCC2)cc1. The van der Waals surface area contributed by atoms with Crippen LogP contribution in [0.4, 0.5) is 0 Å². The third kappa shape index (κ3) is 8.22. The van der Waals surface area contributed by atoms with E-state index < -0.39 is 0 Å². The lowest BCUT2D eigenvalue weighted by molar-refractivity contribution is -0.157. The van der Waals surface area contributed by atoms with Gasteiger partial charge in [-0.25, -0.2) is 0 Å². The minimum Gasteiger partial charge on any atom is -0.491 e. The maximum absolute atomic E-state index is 11.6. The molecule has 0 N–H and O–H groups in total. The summed E-state index contributed by atoms with van der Waals surface area (Å²) in [5.74, 6) is 1.36. The van der Waals surface area contributed by atoms with Crippen molar-refractivity contribution < 1.29 is 19.0 Å². The average Bonchev–Trinajstić information content (AvgIpc) is 2.63. The number of rotatable bonds is 9. The molecule has 1 aliphatic rings. The van der Waals surface area contributed by atoms with Crippen LogP contribution < -0.4 is 4.74 Å². The molecule has 0 spiro atoms. The van der Waals surface area contributed by atoms with E-state index in [1.54, 1.807) is 0 Å². The van der Waals surface area contributed by atoms with Crippen molar-refractivity contribution in [3.05, 3.63) is 29.8 Å². The van der Waals surface area contributed by atoms with E-state index in [1.165, 1.54) is 37.7 Å². The molecule has 0 radical (unpaired) electrons. The molecule has 0 aliphatic heterocycles. The van der Waals surface area contributed by atoms with Crippen molar-refractivity contribution in [1.29, 1.82) is 0 Å². The fraction of sp³-hybridized carbons (Fsp3) is 0.682. The van der Waals surface area contributed by atoms with E-state index in [1.807, 2.05) is 12.1 Å². The van der Waals surface area contributed by atoms with Gasteiger partial charge in [0.15, 0.2) is 6.79 Å². The van der Waals surface area contributed by atoms with E-state index in [9.17, 15) is 4.79 Å². The Morgan fingerprint density at radius 2 is 1.73 bits per heavy atom. The summed E-state index contributed by atoms with van der Waals surface area (Å²) in [5, 5.41) is 0. The molecule has 26 heavy (non-hydrogen) atoms. The molecule has 1 saturated carbocycles. The molecule has 0 bridgehead atoms. The first-order valence-electron chi connectivity index (χ1n) is 9.90. The molecule has 4 nitrogen and oxygen atoms in total. The van der Waals surface area contributed by atoms with Crippen molar-refractivity contribution in [2.24, 2.45) is 5.41 Å². The van der Waals surface area contributed by atoms with Crippen LogP contribution >= 0.6 is 0 Å². The first kappa shape index (κ1) is 20.8. The molecule has 2 rings (SSSR count). The lowest BCUT2D eigenvalue weighted by Crippen LogP contribution is -2.14. The van der Waals surface area contributed by atoms with Gasteiger partial charge < -0.3 is 14.2 Å². The first-order valence-corrected chi connectivity index (χ1v) is 9.90. The third-order valence-electron chi connectivity index (χ3n) is 4.84. The third-order valence-corrected chi connectivity index (χ3v) is 4.84. The lowest BCUT2D eigenvalue weighted by Gasteiger charge is -2.22. The van der Waals surface area contributed by atoms with Gasteiger partial charge in [0.2, 0.25) is 0 Å². The van der Waals surface area contributed by atoms with E-state index in [0.29, 0.717) is 25.6 Å². The van der Waals surface area contributed by atoms with Crippen molar-refractivity contribution in [2.75, 3.05) is 20.0 Å². The standard InChI is InChI=1S/C22H34O4/c1-22(2,3)14-13-21(23)26-17-24-15-16-25-20-11-9-19(10-12-20)18-7-5-4-6-8-18/h9-12,18H,4-8,13-17H2,1-3H3. The molecule has 4 heteroatoms. The summed E-state index contributed by atoms with van der Waals surface area (Å²) in [5.41, 5.74) is 1.57. The monoisotopic (exact) mass is 362 g/mol. The fourth-order valence-corrected chi connectivity index (χ4v) is 3.21. The zero-order valence-corrected chi connectivity index (χ0v) is 16.6. The molecule has 1 aromatic rings. The van der Waals surface area contributed by atoms with Gasteiger partial charge in [0.25, 0.3) is 0 Å². The minimum atomic E-state index is -0.209. The Morgan fingerprint density at radius 1 is 1.04 bits per heavy atom. The molecule has 0 unspecified atom stereocenters. The second-order valence-corrected chi connectivity index (χ2v) is 8.36. The highest BCUT2D eigenvalue weighted by atomic mass is 16.7. The van der Waals surface area contributed by atoms with Crippen molar-refractivity contribution >= 4 is 5.97 Å². The van der Waals surface area contributed by atoms with Crippen LogP contribution in [0.1, 0.15) is 77.2 Å². The van der Waals surface area contributed by atoms with Crippen LogP contribution in [0.15, 0.2) is 24.3 Å². The number of hydrogen-bond donors (Lipinski definition) is 0. The number of carbonyl (C=O) groups excluding carboxylic acids is 1. The number of carbonyl (C=O) groups is 1. The van der Waals surface area contributed by atoms with Crippen molar-refractivity contribution in [1.82, 2.24) is 0 Å². The molecule has 0 atom stereocenters. The van der Waals surface area contributed by atoms with Crippen molar-refractivity contribution in [3.63, 3.8) is 0 Å². The number of hydrogen-bond acceptors (Lipinski definition) is 4. The summed E-state index contributed by atoms with van der Waals surface area (Å²) in [6.45, 7) is 7.16. The largest absolute Gasteiger partial charge is 0.491 e. The maximum atomic E-state index is 11.6. The summed E-state index contributed by atoms with van der Waals surface area (Å²) in [7, 11) is 0. The highest BCUT2D eigenvalue weighted by Crippen LogP contribution is 2.33. The van der Waals surface area contributed by atoms with E-state index in [2.05, 4.69) is 32.9 Å². The zero-order valence-electron chi connectivity index (χ0n) is 16.6. The average molecular weight is 363 g/mol. The van der Waals surface area contributed by atoms with Gasteiger partial charge in [0.05, 0.1) is 6.61 Å². The van der Waals surface area contributed by atoms with E-state index in [-0.39, 0.29) is 18.2 Å². The Bertz CT molecular complexity index is 524. The van der Waals surface area contributed by atoms with Gasteiger partial charge in [0, 0.05) is 6.42 Å². The van der Waals surface area contributed by atoms with Gasteiger partial charge in [-0.05, 0) is 48.3 Å². The van der Waals surface area contributed by atoms with Crippen LogP contribution in [-0.2, 0) is 14.3 Å². The fourth-order valence-electron chi connectivity index (χ4n) is 3.21. The van der Waals surface area contributed by atoms with Gasteiger partial charge in [0.1, 0.15) is 12.4 Å². The lowest BCUT2D eigenvalue weighted by atomic mass is 9.84. The van der Waals surface area contributed by atoms with E-state index in [4.69, 9.17) is 14.2 Å². The second kappa shape index (κ2) is 10.6. The summed E-state index contributed by atoms with van der Waals surface area (Å²) >= 11 is 0. The molecular formula is C22H34O4. The van der Waals surface area contributed by atoms with Gasteiger partial charge in [-0.1, -0.05) is 52.2 Å². The smallest absolute Gasteiger partial charge is 0.307 e. The molecule has 1 aromatic carbocycles. The number of benzene rings is 1. The molecule has 0 heterocycles. The molecule has 0 saturated heterocycles. The van der Waals surface area contributed by atoms with Gasteiger partial charge in [-0.2, -0.15) is 0 Å². The Hall–Kier alpha value is -1.55. The quantitative estimate of drug-likeness (QED) is 0.332. The maximum Gasteiger partial charge on any atom is 0.307 e. The predicted octanol–water partition coefficient (Wildman–Crippen LogP) is 5.46. The summed E-state index contributed by atoms with van der Waals surface area (Å²) < 4.78 is 16.0. The highest BCUT2D eigenvalue weighted by Gasteiger charge is 2.15. The Kier molecular flexibility index (Phi) is 8.43. The molecule has 0 aromatic heterocycles. The molecule has 1 fully saturated rings. The predicted molar refractivity (Wildman–Crippen MR) is 103 cm³/mol. The molecule has 0 amide bonds. The molecule has 146 valence electrons. The first-order chi connectivity index (χ1) is 12.4. The van der Waals surface area contributed by atoms with Crippen LogP contribution in [0.5, 0.6) is 5.75 Å². The number of esters is 1. The second-order valence-electron chi connectivity index (χ2n) is 8.36. The minimum absolute atomic E-state index is 0.00699. The van der Waals surface area contributed by atoms with Crippen LogP contribution in [0.2, 0.25) is 0 Å². The molecule has 1 aliphatic carbocycles. The van der Waals surface area contributed by atoms with Crippen LogP contribution in [-0.4, -0.2) is 26.0 Å². The van der Waals surface area contributed by atoms with E-state index >= 15 is 0 Å². The highest BCUT2D eigenvalue weighted by molar-refractivity contribution is 5.69. The van der Waals surface area contributed by atoms with Crippen LogP contribution in [0, 0.1) is 5.41 Å². The van der Waals surface area contributed by atoms with Gasteiger partial charge in [-0.15, -0.1) is 0 Å². The van der Waals surface area contributed by atoms with Gasteiger partial charge in [-0.3, -0.25) is 4.79 Å². The number of ether oxygens (including phenoxy) is 3. The van der Waals surface area contributed by atoms with Crippen molar-refractivity contribution in [3.8, 4) is 5.75 Å². The van der Waals surface area contributed by atoms with E-state index in [0.717, 1.165) is 12.2 Å². The molecular weight excluding hydrogens is 328 g/mol. The van der Waals surface area contributed by atoms with Crippen LogP contribution in [0.3, 0.4) is 0 Å². The summed E-state index contributed by atoms with van der Waals surface area (Å²) in [6, 6.07) is 8.44. The summed E-state index contributed by atoms with van der Waals surface area (Å²) in [4.78, 5) is 11.6. The normalized spacial score (nSPS) is 15.7. The zero-order chi connectivity index (χ0) is 18.8. The van der Waals surface area contributed by atoms with Crippen LogP contribution in [0.25, 0.3) is 0 Å². The van der Waals surface area contributed by atoms with Crippen molar-refractivity contribution in [2.45, 2.75) is 71.6 Å². The van der Waals surface area contributed by atoms with Gasteiger partial charge >= 0.3 is 5.97 Å². The Labute approximate surface area is 158 Å². The topological polar surface area (TPSA) is 44.8 Å². The Balaban J connectivity index is 1.55. The Morgan fingerprint density at radius 3 is 2.38 bits per heavy atom.